The van der Waals surface area contributed by atoms with Crippen molar-refractivity contribution < 1.29 is 19.1 Å². The standard InChI is InChI=1S/C44H88N2O4/c1-7-11-13-15-24-32-40-50-44(48)42(6)34-26-20-18-22-28-37-46(38-30-29-35-45(9-3)10-4)36-27-21-17-16-19-25-33-41(5)43(47)49-39-31-23-14-12-8-2/h41-42H,7-40H2,1-6H3. The minimum atomic E-state index is 0.00298. The highest BCUT2D eigenvalue weighted by atomic mass is 16.5. The van der Waals surface area contributed by atoms with Crippen LogP contribution in [0.4, 0.5) is 0 Å². The minimum absolute atomic E-state index is 0.00298. The zero-order chi connectivity index (χ0) is 36.9. The lowest BCUT2D eigenvalue weighted by atomic mass is 10.0. The van der Waals surface area contributed by atoms with Crippen molar-refractivity contribution >= 4 is 11.9 Å². The number of hydrogen-bond donors (Lipinski definition) is 0. The number of carbonyl (C=O) groups excluding carboxylic acids is 2. The van der Waals surface area contributed by atoms with E-state index in [1.807, 2.05) is 13.8 Å². The molecule has 0 fully saturated rings. The van der Waals surface area contributed by atoms with Gasteiger partial charge in [-0.15, -0.1) is 0 Å². The van der Waals surface area contributed by atoms with Crippen LogP contribution in [0.25, 0.3) is 0 Å². The molecule has 0 aliphatic rings. The summed E-state index contributed by atoms with van der Waals surface area (Å²) < 4.78 is 11.0. The molecule has 6 heteroatoms. The van der Waals surface area contributed by atoms with Crippen molar-refractivity contribution in [3.63, 3.8) is 0 Å². The van der Waals surface area contributed by atoms with Gasteiger partial charge in [0, 0.05) is 0 Å². The summed E-state index contributed by atoms with van der Waals surface area (Å²) in [5.41, 5.74) is 0. The van der Waals surface area contributed by atoms with Crippen molar-refractivity contribution in [1.29, 1.82) is 0 Å². The van der Waals surface area contributed by atoms with Crippen molar-refractivity contribution in [1.82, 2.24) is 9.80 Å². The number of carbonyl (C=O) groups is 2. The lowest BCUT2D eigenvalue weighted by Gasteiger charge is -2.23. The number of ether oxygens (including phenoxy) is 2. The monoisotopic (exact) mass is 709 g/mol. The topological polar surface area (TPSA) is 59.1 Å². The molecule has 0 bridgehead atoms. The van der Waals surface area contributed by atoms with E-state index >= 15 is 0 Å². The maximum atomic E-state index is 12.3. The normalized spacial score (nSPS) is 12.9. The van der Waals surface area contributed by atoms with E-state index in [0.717, 1.165) is 51.6 Å². The van der Waals surface area contributed by atoms with Crippen LogP contribution >= 0.6 is 0 Å². The van der Waals surface area contributed by atoms with Gasteiger partial charge in [-0.2, -0.15) is 0 Å². The van der Waals surface area contributed by atoms with Crippen LogP contribution in [0.15, 0.2) is 0 Å². The number of hydrogen-bond acceptors (Lipinski definition) is 6. The van der Waals surface area contributed by atoms with Crippen molar-refractivity contribution in [2.45, 2.75) is 208 Å². The molecule has 0 radical (unpaired) electrons. The molecule has 0 rings (SSSR count). The van der Waals surface area contributed by atoms with E-state index in [2.05, 4.69) is 37.5 Å². The number of nitrogens with zero attached hydrogens (tertiary/aromatic N) is 2. The molecule has 0 aromatic rings. The van der Waals surface area contributed by atoms with Crippen LogP contribution in [0.3, 0.4) is 0 Å². The molecule has 6 nitrogen and oxygen atoms in total. The highest BCUT2D eigenvalue weighted by molar-refractivity contribution is 5.72. The van der Waals surface area contributed by atoms with E-state index in [0.29, 0.717) is 13.2 Å². The minimum Gasteiger partial charge on any atom is -0.465 e. The molecule has 0 heterocycles. The zero-order valence-corrected chi connectivity index (χ0v) is 34.7. The predicted molar refractivity (Wildman–Crippen MR) is 216 cm³/mol. The first kappa shape index (κ1) is 48.9. The molecule has 0 spiro atoms. The summed E-state index contributed by atoms with van der Waals surface area (Å²) in [5, 5.41) is 0. The lowest BCUT2D eigenvalue weighted by Crippen LogP contribution is -2.29. The summed E-state index contributed by atoms with van der Waals surface area (Å²) in [5.74, 6) is 0.0746. The Hall–Kier alpha value is -1.14. The second-order valence-electron chi connectivity index (χ2n) is 15.4. The van der Waals surface area contributed by atoms with Gasteiger partial charge >= 0.3 is 11.9 Å². The Morgan fingerprint density at radius 3 is 1.08 bits per heavy atom. The van der Waals surface area contributed by atoms with E-state index in [-0.39, 0.29) is 23.8 Å². The Kier molecular flexibility index (Phi) is 36.8. The Morgan fingerprint density at radius 2 is 0.700 bits per heavy atom. The van der Waals surface area contributed by atoms with Gasteiger partial charge in [0.2, 0.25) is 0 Å². The molecule has 298 valence electrons. The van der Waals surface area contributed by atoms with E-state index in [1.165, 1.54) is 155 Å². The largest absolute Gasteiger partial charge is 0.465 e. The molecule has 0 amide bonds. The summed E-state index contributed by atoms with van der Waals surface area (Å²) >= 11 is 0. The van der Waals surface area contributed by atoms with Gasteiger partial charge in [0.05, 0.1) is 25.0 Å². The molecule has 2 atom stereocenters. The van der Waals surface area contributed by atoms with Gasteiger partial charge in [-0.1, -0.05) is 157 Å². The molecule has 0 aliphatic heterocycles. The van der Waals surface area contributed by atoms with Gasteiger partial charge in [0.1, 0.15) is 0 Å². The fourth-order valence-corrected chi connectivity index (χ4v) is 6.81. The second-order valence-corrected chi connectivity index (χ2v) is 15.4. The average Bonchev–Trinajstić information content (AvgIpc) is 3.12. The summed E-state index contributed by atoms with van der Waals surface area (Å²) in [6.07, 6.45) is 31.5. The molecule has 0 aromatic carbocycles. The third kappa shape index (κ3) is 31.6. The third-order valence-corrected chi connectivity index (χ3v) is 10.6. The summed E-state index contributed by atoms with van der Waals surface area (Å²) in [6, 6.07) is 0. The molecule has 0 N–H and O–H groups in total. The Bertz CT molecular complexity index is 729. The molecule has 0 saturated heterocycles. The maximum Gasteiger partial charge on any atom is 0.308 e. The maximum absolute atomic E-state index is 12.3. The number of esters is 2. The average molecular weight is 709 g/mol. The Balaban J connectivity index is 4.13. The fourth-order valence-electron chi connectivity index (χ4n) is 6.81. The second kappa shape index (κ2) is 37.6. The van der Waals surface area contributed by atoms with Gasteiger partial charge in [0.25, 0.3) is 0 Å². The first-order chi connectivity index (χ1) is 24.4. The first-order valence-corrected chi connectivity index (χ1v) is 22.2. The van der Waals surface area contributed by atoms with Gasteiger partial charge in [-0.05, 0) is 90.6 Å². The molecular weight excluding hydrogens is 620 g/mol. The zero-order valence-electron chi connectivity index (χ0n) is 34.7. The van der Waals surface area contributed by atoms with E-state index in [4.69, 9.17) is 9.47 Å². The summed E-state index contributed by atoms with van der Waals surface area (Å²) in [6.45, 7) is 21.5. The third-order valence-electron chi connectivity index (χ3n) is 10.6. The molecular formula is C44H88N2O4. The van der Waals surface area contributed by atoms with Gasteiger partial charge in [-0.3, -0.25) is 9.59 Å². The van der Waals surface area contributed by atoms with Crippen LogP contribution < -0.4 is 0 Å². The van der Waals surface area contributed by atoms with Crippen molar-refractivity contribution in [2.75, 3.05) is 52.5 Å². The van der Waals surface area contributed by atoms with Crippen LogP contribution in [0.2, 0.25) is 0 Å². The molecule has 50 heavy (non-hydrogen) atoms. The van der Waals surface area contributed by atoms with E-state index in [9.17, 15) is 9.59 Å². The van der Waals surface area contributed by atoms with Gasteiger partial charge in [0.15, 0.2) is 0 Å². The van der Waals surface area contributed by atoms with Crippen LogP contribution in [0, 0.1) is 11.8 Å². The van der Waals surface area contributed by atoms with Crippen molar-refractivity contribution in [2.24, 2.45) is 11.8 Å². The summed E-state index contributed by atoms with van der Waals surface area (Å²) in [4.78, 5) is 29.9. The van der Waals surface area contributed by atoms with Crippen LogP contribution in [-0.4, -0.2) is 74.2 Å². The number of unbranched alkanes of at least 4 members (excludes halogenated alkanes) is 19. The molecule has 0 aromatic heterocycles. The van der Waals surface area contributed by atoms with Crippen molar-refractivity contribution in [3.05, 3.63) is 0 Å². The van der Waals surface area contributed by atoms with E-state index < -0.39 is 0 Å². The summed E-state index contributed by atoms with van der Waals surface area (Å²) in [7, 11) is 0. The Labute approximate surface area is 313 Å². The van der Waals surface area contributed by atoms with Crippen LogP contribution in [0.5, 0.6) is 0 Å². The smallest absolute Gasteiger partial charge is 0.308 e. The SMILES string of the molecule is CCCCCCCCOC(=O)C(C)CCCCCCCN(CCCCCCCCC(C)C(=O)OCCCCCCC)CCCCN(CC)CC. The quantitative estimate of drug-likeness (QED) is 0.0468. The molecule has 0 saturated carbocycles. The van der Waals surface area contributed by atoms with Crippen LogP contribution in [0.1, 0.15) is 208 Å². The highest BCUT2D eigenvalue weighted by Gasteiger charge is 2.15. The highest BCUT2D eigenvalue weighted by Crippen LogP contribution is 2.16. The lowest BCUT2D eigenvalue weighted by molar-refractivity contribution is -0.149. The Morgan fingerprint density at radius 1 is 0.400 bits per heavy atom. The van der Waals surface area contributed by atoms with Gasteiger partial charge < -0.3 is 19.3 Å². The van der Waals surface area contributed by atoms with E-state index in [1.54, 1.807) is 0 Å². The van der Waals surface area contributed by atoms with Gasteiger partial charge in [-0.25, -0.2) is 0 Å². The molecule has 0 aliphatic carbocycles. The van der Waals surface area contributed by atoms with Crippen molar-refractivity contribution in [3.8, 4) is 0 Å². The predicted octanol–water partition coefficient (Wildman–Crippen LogP) is 12.2. The number of rotatable bonds is 39. The fraction of sp³-hybridized carbons (Fsp3) is 0.955. The molecule has 2 unspecified atom stereocenters. The van der Waals surface area contributed by atoms with Crippen LogP contribution in [-0.2, 0) is 19.1 Å². The first-order valence-electron chi connectivity index (χ1n) is 22.2.